The molecule has 8 nitrogen and oxygen atoms in total. The van der Waals surface area contributed by atoms with Crippen LogP contribution in [0.2, 0.25) is 0 Å². The van der Waals surface area contributed by atoms with Crippen LogP contribution in [0.3, 0.4) is 0 Å². The van der Waals surface area contributed by atoms with E-state index in [0.29, 0.717) is 5.56 Å². The third kappa shape index (κ3) is 5.29. The van der Waals surface area contributed by atoms with Crippen molar-refractivity contribution < 1.29 is 14.5 Å². The highest BCUT2D eigenvalue weighted by molar-refractivity contribution is 5.91. The van der Waals surface area contributed by atoms with E-state index in [2.05, 4.69) is 11.5 Å². The Hall–Kier alpha value is -3.42. The number of nitro benzene ring substituents is 1. The topological polar surface area (TPSA) is 145 Å². The van der Waals surface area contributed by atoms with Gasteiger partial charge in [0, 0.05) is 6.07 Å². The highest BCUT2D eigenvalue weighted by atomic mass is 16.6. The molecule has 8 heteroatoms. The summed E-state index contributed by atoms with van der Waals surface area (Å²) in [6.07, 6.45) is 0. The Kier molecular flexibility index (Phi) is 6.05. The molecule has 0 aliphatic carbocycles. The van der Waals surface area contributed by atoms with Gasteiger partial charge in [0.05, 0.1) is 10.5 Å². The zero-order valence-corrected chi connectivity index (χ0v) is 11.4. The number of nitrogens with two attached hydrogens (primary N) is 2. The van der Waals surface area contributed by atoms with Crippen molar-refractivity contribution in [3.63, 3.8) is 0 Å². The van der Waals surface area contributed by atoms with E-state index in [1.807, 2.05) is 0 Å². The normalized spacial score (nSPS) is 9.09. The molecule has 0 unspecified atom stereocenters. The maximum atomic E-state index is 11.7. The van der Waals surface area contributed by atoms with Crippen LogP contribution in [0.4, 0.5) is 5.69 Å². The minimum atomic E-state index is -0.620. The summed E-state index contributed by atoms with van der Waals surface area (Å²) in [6, 6.07) is 14.1. The van der Waals surface area contributed by atoms with Gasteiger partial charge in [0.1, 0.15) is 0 Å². The minimum Gasteiger partial charge on any atom is -0.416 e. The molecule has 0 bridgehead atoms. The number of nitro groups is 1. The van der Waals surface area contributed by atoms with Crippen LogP contribution in [-0.2, 0) is 0 Å². The van der Waals surface area contributed by atoms with Crippen LogP contribution in [0.1, 0.15) is 10.4 Å². The Bertz CT molecular complexity index is 670. The zero-order chi connectivity index (χ0) is 16.5. The smallest absolute Gasteiger partial charge is 0.343 e. The van der Waals surface area contributed by atoms with Crippen molar-refractivity contribution in [2.24, 2.45) is 11.5 Å². The van der Waals surface area contributed by atoms with E-state index in [4.69, 9.17) is 10.1 Å². The minimum absolute atomic E-state index is 0.0589. The van der Waals surface area contributed by atoms with Gasteiger partial charge < -0.3 is 16.2 Å². The van der Waals surface area contributed by atoms with Gasteiger partial charge in [-0.2, -0.15) is 0 Å². The van der Waals surface area contributed by atoms with Crippen molar-refractivity contribution in [1.29, 1.82) is 5.41 Å². The van der Waals surface area contributed by atoms with Crippen molar-refractivity contribution in [3.8, 4) is 5.75 Å². The quantitative estimate of drug-likeness (QED) is 0.196. The fraction of sp³-hybridized carbons (Fsp3) is 0. The SMILES string of the molecule is N=C(N)N.O=C(Oc1ccccc1[N+](=O)[O-])c1ccccc1. The molecule has 2 aromatic carbocycles. The van der Waals surface area contributed by atoms with Crippen LogP contribution in [-0.4, -0.2) is 16.9 Å². The van der Waals surface area contributed by atoms with E-state index in [1.165, 1.54) is 18.2 Å². The van der Waals surface area contributed by atoms with E-state index in [0.717, 1.165) is 0 Å². The van der Waals surface area contributed by atoms with Gasteiger partial charge >= 0.3 is 11.7 Å². The predicted molar refractivity (Wildman–Crippen MR) is 80.6 cm³/mol. The summed E-state index contributed by atoms with van der Waals surface area (Å²) >= 11 is 0. The van der Waals surface area contributed by atoms with Gasteiger partial charge in [-0.05, 0) is 18.2 Å². The molecular weight excluding hydrogens is 288 g/mol. The number of carbonyl (C=O) groups is 1. The summed E-state index contributed by atoms with van der Waals surface area (Å²) in [4.78, 5) is 21.9. The second-order valence-electron chi connectivity index (χ2n) is 3.94. The van der Waals surface area contributed by atoms with E-state index in [-0.39, 0.29) is 17.4 Å². The third-order valence-corrected chi connectivity index (χ3v) is 2.27. The van der Waals surface area contributed by atoms with Gasteiger partial charge in [-0.1, -0.05) is 30.3 Å². The zero-order valence-electron chi connectivity index (χ0n) is 11.4. The molecule has 22 heavy (non-hydrogen) atoms. The van der Waals surface area contributed by atoms with Crippen LogP contribution < -0.4 is 16.2 Å². The Morgan fingerprint density at radius 1 is 1.05 bits per heavy atom. The van der Waals surface area contributed by atoms with Crippen molar-refractivity contribution in [1.82, 2.24) is 0 Å². The molecule has 0 aliphatic rings. The van der Waals surface area contributed by atoms with Crippen molar-refractivity contribution in [2.75, 3.05) is 0 Å². The number of nitrogens with zero attached hydrogens (tertiary/aromatic N) is 1. The maximum absolute atomic E-state index is 11.7. The molecule has 0 aliphatic heterocycles. The van der Waals surface area contributed by atoms with E-state index < -0.39 is 10.9 Å². The molecule has 0 saturated heterocycles. The van der Waals surface area contributed by atoms with E-state index in [1.54, 1.807) is 36.4 Å². The molecule has 0 aromatic heterocycles. The summed E-state index contributed by atoms with van der Waals surface area (Å²) < 4.78 is 5.01. The third-order valence-electron chi connectivity index (χ3n) is 2.27. The van der Waals surface area contributed by atoms with E-state index >= 15 is 0 Å². The lowest BCUT2D eigenvalue weighted by molar-refractivity contribution is -0.385. The van der Waals surface area contributed by atoms with Gasteiger partial charge in [-0.3, -0.25) is 15.5 Å². The van der Waals surface area contributed by atoms with Gasteiger partial charge in [0.15, 0.2) is 5.96 Å². The summed E-state index contributed by atoms with van der Waals surface area (Å²) in [5.74, 6) is -1.01. The average Bonchev–Trinajstić information content (AvgIpc) is 2.48. The van der Waals surface area contributed by atoms with Gasteiger partial charge in [0.2, 0.25) is 5.75 Å². The van der Waals surface area contributed by atoms with Gasteiger partial charge in [-0.15, -0.1) is 0 Å². The van der Waals surface area contributed by atoms with Crippen molar-refractivity contribution in [2.45, 2.75) is 0 Å². The Labute approximate surface area is 126 Å². The number of para-hydroxylation sites is 2. The van der Waals surface area contributed by atoms with Crippen LogP contribution in [0.25, 0.3) is 0 Å². The highest BCUT2D eigenvalue weighted by Gasteiger charge is 2.17. The monoisotopic (exact) mass is 302 g/mol. The highest BCUT2D eigenvalue weighted by Crippen LogP contribution is 2.26. The average molecular weight is 302 g/mol. The summed E-state index contributed by atoms with van der Waals surface area (Å²) in [5.41, 5.74) is 9.05. The fourth-order valence-electron chi connectivity index (χ4n) is 1.43. The van der Waals surface area contributed by atoms with Crippen LogP contribution in [0, 0.1) is 15.5 Å². The fourth-order valence-corrected chi connectivity index (χ4v) is 1.43. The van der Waals surface area contributed by atoms with E-state index in [9.17, 15) is 14.9 Å². The number of nitrogens with one attached hydrogen (secondary N) is 1. The molecule has 0 atom stereocenters. The maximum Gasteiger partial charge on any atom is 0.343 e. The van der Waals surface area contributed by atoms with Gasteiger partial charge in [0.25, 0.3) is 0 Å². The molecule has 0 fully saturated rings. The van der Waals surface area contributed by atoms with Crippen LogP contribution in [0.15, 0.2) is 54.6 Å². The first-order valence-electron chi connectivity index (χ1n) is 6.02. The number of hydrogen-bond acceptors (Lipinski definition) is 5. The van der Waals surface area contributed by atoms with Gasteiger partial charge in [-0.25, -0.2) is 4.79 Å². The first-order chi connectivity index (χ1) is 10.4. The predicted octanol–water partition coefficient (Wildman–Crippen LogP) is 1.65. The molecule has 0 heterocycles. The number of hydrogen-bond donors (Lipinski definition) is 3. The number of rotatable bonds is 3. The molecule has 0 saturated carbocycles. The molecule has 0 radical (unpaired) electrons. The first-order valence-corrected chi connectivity index (χ1v) is 6.02. The molecule has 2 rings (SSSR count). The number of ether oxygens (including phenoxy) is 1. The molecule has 0 amide bonds. The van der Waals surface area contributed by atoms with Crippen molar-refractivity contribution >= 4 is 17.6 Å². The van der Waals surface area contributed by atoms with Crippen molar-refractivity contribution in [3.05, 3.63) is 70.3 Å². The van der Waals surface area contributed by atoms with Crippen LogP contribution >= 0.6 is 0 Å². The molecule has 2 aromatic rings. The standard InChI is InChI=1S/C13H9NO4.CH5N3/c15-13(10-6-2-1-3-7-10)18-12-9-5-4-8-11(12)14(16)17;2-1(3)4/h1-9H;(H5,2,3,4). The lowest BCUT2D eigenvalue weighted by Crippen LogP contribution is -2.20. The Morgan fingerprint density at radius 3 is 2.09 bits per heavy atom. The second-order valence-corrected chi connectivity index (χ2v) is 3.94. The lowest BCUT2D eigenvalue weighted by Gasteiger charge is -2.04. The molecule has 5 N–H and O–H groups in total. The number of benzene rings is 2. The first kappa shape index (κ1) is 16.6. The van der Waals surface area contributed by atoms with Crippen LogP contribution in [0.5, 0.6) is 5.75 Å². The number of esters is 1. The summed E-state index contributed by atoms with van der Waals surface area (Å²) in [6.45, 7) is 0. The summed E-state index contributed by atoms with van der Waals surface area (Å²) in [5, 5.41) is 16.8. The number of guanidine groups is 1. The second kappa shape index (κ2) is 8.00. The molecule has 0 spiro atoms. The lowest BCUT2D eigenvalue weighted by atomic mass is 10.2. The number of carbonyl (C=O) groups excluding carboxylic acids is 1. The Morgan fingerprint density at radius 2 is 1.55 bits per heavy atom. The molecule has 114 valence electrons. The Balaban J connectivity index is 0.000000541. The molecular formula is C14H14N4O4. The summed E-state index contributed by atoms with van der Waals surface area (Å²) in [7, 11) is 0. The largest absolute Gasteiger partial charge is 0.416 e.